The number of fused-ring (bicyclic) bond motifs is 1. The SMILES string of the molecule is CCn1c(=O)c(=O)n(CC(=O)NCCN2CCN(c3ccccc3F)CC2)c2ccccc21. The zero-order chi connectivity index (χ0) is 23.4. The molecule has 8 nitrogen and oxygen atoms in total. The van der Waals surface area contributed by atoms with Gasteiger partial charge in [0.15, 0.2) is 0 Å². The van der Waals surface area contributed by atoms with Crippen molar-refractivity contribution in [2.24, 2.45) is 0 Å². The second-order valence-corrected chi connectivity index (χ2v) is 8.06. The summed E-state index contributed by atoms with van der Waals surface area (Å²) in [5, 5.41) is 2.85. The molecule has 3 aromatic rings. The van der Waals surface area contributed by atoms with Crippen LogP contribution in [0.25, 0.3) is 11.0 Å². The molecule has 1 aromatic heterocycles. The van der Waals surface area contributed by atoms with Crippen LogP contribution in [-0.4, -0.2) is 59.2 Å². The van der Waals surface area contributed by atoms with Crippen LogP contribution in [0.1, 0.15) is 6.92 Å². The van der Waals surface area contributed by atoms with Crippen molar-refractivity contribution >= 4 is 22.6 Å². The van der Waals surface area contributed by atoms with Crippen LogP contribution in [0.15, 0.2) is 58.1 Å². The molecule has 33 heavy (non-hydrogen) atoms. The molecule has 1 amide bonds. The number of para-hydroxylation sites is 3. The first-order valence-electron chi connectivity index (χ1n) is 11.2. The van der Waals surface area contributed by atoms with Crippen molar-refractivity contribution in [2.45, 2.75) is 20.0 Å². The Morgan fingerprint density at radius 3 is 2.18 bits per heavy atom. The van der Waals surface area contributed by atoms with E-state index in [0.717, 1.165) is 13.1 Å². The number of piperazine rings is 1. The third-order valence-corrected chi connectivity index (χ3v) is 6.07. The summed E-state index contributed by atoms with van der Waals surface area (Å²) < 4.78 is 16.7. The quantitative estimate of drug-likeness (QED) is 0.545. The molecule has 0 atom stereocenters. The summed E-state index contributed by atoms with van der Waals surface area (Å²) in [5.41, 5.74) is 0.480. The highest BCUT2D eigenvalue weighted by Crippen LogP contribution is 2.20. The summed E-state index contributed by atoms with van der Waals surface area (Å²) in [6, 6.07) is 13.9. The number of nitrogens with one attached hydrogen (secondary N) is 1. The van der Waals surface area contributed by atoms with Gasteiger partial charge in [-0.3, -0.25) is 23.9 Å². The van der Waals surface area contributed by atoms with E-state index in [1.165, 1.54) is 15.2 Å². The predicted molar refractivity (Wildman–Crippen MR) is 126 cm³/mol. The summed E-state index contributed by atoms with van der Waals surface area (Å²) in [5.74, 6) is -0.534. The Balaban J connectivity index is 1.33. The third-order valence-electron chi connectivity index (χ3n) is 6.07. The van der Waals surface area contributed by atoms with Gasteiger partial charge in [0.05, 0.1) is 16.7 Å². The molecule has 9 heteroatoms. The number of rotatable bonds is 7. The Labute approximate surface area is 190 Å². The second kappa shape index (κ2) is 9.99. The van der Waals surface area contributed by atoms with Crippen LogP contribution in [-0.2, 0) is 17.9 Å². The molecule has 1 saturated heterocycles. The van der Waals surface area contributed by atoms with Crippen molar-refractivity contribution in [3.63, 3.8) is 0 Å². The van der Waals surface area contributed by atoms with E-state index in [-0.39, 0.29) is 18.3 Å². The van der Waals surface area contributed by atoms with Gasteiger partial charge in [-0.15, -0.1) is 0 Å². The number of halogens is 1. The number of hydrogen-bond donors (Lipinski definition) is 1. The molecule has 1 fully saturated rings. The van der Waals surface area contributed by atoms with Gasteiger partial charge in [0.2, 0.25) is 5.91 Å². The minimum absolute atomic E-state index is 0.208. The molecule has 0 unspecified atom stereocenters. The topological polar surface area (TPSA) is 79.6 Å². The summed E-state index contributed by atoms with van der Waals surface area (Å²) in [7, 11) is 0. The average Bonchev–Trinajstić information content (AvgIpc) is 2.83. The molecular formula is C24H28FN5O3. The molecule has 0 saturated carbocycles. The molecule has 1 aliphatic rings. The largest absolute Gasteiger partial charge is 0.367 e. The molecule has 1 aliphatic heterocycles. The van der Waals surface area contributed by atoms with Crippen molar-refractivity contribution in [3.8, 4) is 0 Å². The number of aryl methyl sites for hydroxylation is 1. The van der Waals surface area contributed by atoms with Crippen molar-refractivity contribution in [1.82, 2.24) is 19.4 Å². The molecule has 0 spiro atoms. The first kappa shape index (κ1) is 22.7. The number of nitrogens with zero attached hydrogens (tertiary/aromatic N) is 4. The molecule has 0 radical (unpaired) electrons. The lowest BCUT2D eigenvalue weighted by Gasteiger charge is -2.36. The normalized spacial score (nSPS) is 14.5. The fourth-order valence-electron chi connectivity index (χ4n) is 4.31. The molecular weight excluding hydrogens is 425 g/mol. The van der Waals surface area contributed by atoms with Gasteiger partial charge < -0.3 is 14.8 Å². The Bertz CT molecular complexity index is 1260. The molecule has 2 heterocycles. The maximum Gasteiger partial charge on any atom is 0.317 e. The summed E-state index contributed by atoms with van der Waals surface area (Å²) in [4.78, 5) is 41.8. The van der Waals surface area contributed by atoms with E-state index in [2.05, 4.69) is 10.2 Å². The number of carbonyl (C=O) groups excluding carboxylic acids is 1. The van der Waals surface area contributed by atoms with Crippen LogP contribution < -0.4 is 21.3 Å². The van der Waals surface area contributed by atoms with Gasteiger partial charge >= 0.3 is 11.1 Å². The van der Waals surface area contributed by atoms with Gasteiger partial charge in [-0.2, -0.15) is 0 Å². The minimum Gasteiger partial charge on any atom is -0.367 e. The fourth-order valence-corrected chi connectivity index (χ4v) is 4.31. The number of hydrogen-bond acceptors (Lipinski definition) is 5. The van der Waals surface area contributed by atoms with Crippen molar-refractivity contribution < 1.29 is 9.18 Å². The van der Waals surface area contributed by atoms with E-state index in [1.54, 1.807) is 43.3 Å². The van der Waals surface area contributed by atoms with Crippen molar-refractivity contribution in [1.29, 1.82) is 0 Å². The zero-order valence-corrected chi connectivity index (χ0v) is 18.7. The lowest BCUT2D eigenvalue weighted by Crippen LogP contribution is -2.49. The maximum absolute atomic E-state index is 14.0. The zero-order valence-electron chi connectivity index (χ0n) is 18.7. The van der Waals surface area contributed by atoms with Gasteiger partial charge in [-0.05, 0) is 31.2 Å². The van der Waals surface area contributed by atoms with Crippen molar-refractivity contribution in [3.05, 3.63) is 75.1 Å². The van der Waals surface area contributed by atoms with Gasteiger partial charge in [-0.1, -0.05) is 24.3 Å². The fraction of sp³-hybridized carbons (Fsp3) is 0.375. The monoisotopic (exact) mass is 453 g/mol. The summed E-state index contributed by atoms with van der Waals surface area (Å²) in [6.45, 7) is 6.02. The lowest BCUT2D eigenvalue weighted by atomic mass is 10.2. The number of benzene rings is 2. The molecule has 0 bridgehead atoms. The standard InChI is InChI=1S/C24H28FN5O3/c1-2-29-20-9-5-6-10-21(20)30(24(33)23(29)32)17-22(31)26-11-12-27-13-15-28(16-14-27)19-8-4-3-7-18(19)25/h3-10H,2,11-17H2,1H3,(H,26,31). The van der Waals surface area contributed by atoms with Crippen LogP contribution in [0.5, 0.6) is 0 Å². The van der Waals surface area contributed by atoms with Gasteiger partial charge in [0.1, 0.15) is 12.4 Å². The number of aromatic nitrogens is 2. The smallest absolute Gasteiger partial charge is 0.317 e. The average molecular weight is 454 g/mol. The van der Waals surface area contributed by atoms with Crippen LogP contribution in [0.4, 0.5) is 10.1 Å². The first-order chi connectivity index (χ1) is 16.0. The number of carbonyl (C=O) groups is 1. The van der Waals surface area contributed by atoms with E-state index in [0.29, 0.717) is 49.4 Å². The van der Waals surface area contributed by atoms with Crippen LogP contribution in [0, 0.1) is 5.82 Å². The highest BCUT2D eigenvalue weighted by molar-refractivity contribution is 5.80. The van der Waals surface area contributed by atoms with E-state index in [1.807, 2.05) is 11.0 Å². The van der Waals surface area contributed by atoms with E-state index in [9.17, 15) is 18.8 Å². The molecule has 2 aromatic carbocycles. The Morgan fingerprint density at radius 1 is 0.909 bits per heavy atom. The van der Waals surface area contributed by atoms with E-state index < -0.39 is 11.1 Å². The molecule has 174 valence electrons. The molecule has 0 aliphatic carbocycles. The number of anilines is 1. The van der Waals surface area contributed by atoms with E-state index in [4.69, 9.17) is 0 Å². The second-order valence-electron chi connectivity index (χ2n) is 8.06. The summed E-state index contributed by atoms with van der Waals surface area (Å²) >= 11 is 0. The predicted octanol–water partition coefficient (Wildman–Crippen LogP) is 1.26. The van der Waals surface area contributed by atoms with Gasteiger partial charge in [0.25, 0.3) is 0 Å². The lowest BCUT2D eigenvalue weighted by molar-refractivity contribution is -0.121. The summed E-state index contributed by atoms with van der Waals surface area (Å²) in [6.07, 6.45) is 0. The van der Waals surface area contributed by atoms with Gasteiger partial charge in [0, 0.05) is 45.8 Å². The highest BCUT2D eigenvalue weighted by Gasteiger charge is 2.19. The Hall–Kier alpha value is -3.46. The Kier molecular flexibility index (Phi) is 6.88. The van der Waals surface area contributed by atoms with Crippen molar-refractivity contribution in [2.75, 3.05) is 44.2 Å². The third kappa shape index (κ3) is 4.83. The van der Waals surface area contributed by atoms with Crippen LogP contribution >= 0.6 is 0 Å². The molecule has 1 N–H and O–H groups in total. The Morgan fingerprint density at radius 2 is 1.52 bits per heavy atom. The maximum atomic E-state index is 14.0. The first-order valence-corrected chi connectivity index (χ1v) is 11.2. The van der Waals surface area contributed by atoms with Crippen LogP contribution in [0.3, 0.4) is 0 Å². The number of amides is 1. The minimum atomic E-state index is -0.699. The highest BCUT2D eigenvalue weighted by atomic mass is 19.1. The van der Waals surface area contributed by atoms with E-state index >= 15 is 0 Å². The van der Waals surface area contributed by atoms with Gasteiger partial charge in [-0.25, -0.2) is 4.39 Å². The van der Waals surface area contributed by atoms with Crippen LogP contribution in [0.2, 0.25) is 0 Å². The molecule has 4 rings (SSSR count).